The van der Waals surface area contributed by atoms with Crippen LogP contribution in [0.1, 0.15) is 15.5 Å². The van der Waals surface area contributed by atoms with Gasteiger partial charge in [-0.1, -0.05) is 0 Å². The first kappa shape index (κ1) is 16.6. The highest BCUT2D eigenvalue weighted by Gasteiger charge is 2.15. The highest BCUT2D eigenvalue weighted by molar-refractivity contribution is 7.09. The summed E-state index contributed by atoms with van der Waals surface area (Å²) in [4.78, 5) is 19.9. The zero-order valence-corrected chi connectivity index (χ0v) is 15.5. The van der Waals surface area contributed by atoms with Gasteiger partial charge in [0.15, 0.2) is 0 Å². The van der Waals surface area contributed by atoms with E-state index in [0.29, 0.717) is 16.9 Å². The fraction of sp³-hybridized carbons (Fsp3) is 0.0500. The van der Waals surface area contributed by atoms with Crippen LogP contribution in [-0.2, 0) is 0 Å². The third-order valence-electron chi connectivity index (χ3n) is 4.60. The first-order chi connectivity index (χ1) is 13.6. The standard InChI is InChI=1S/C20H14FN5OS/c1-10-24-19(9-28-10)20(27)25-17-4-11(5-18-15(17)8-23-26-18)14-6-12(21)7-16-13(14)2-3-22-16/h2-9,22H,1H3,(H,23,26)(H,25,27). The lowest BCUT2D eigenvalue weighted by Gasteiger charge is -2.10. The Bertz CT molecular complexity index is 1350. The van der Waals surface area contributed by atoms with E-state index >= 15 is 0 Å². The predicted molar refractivity (Wildman–Crippen MR) is 108 cm³/mol. The zero-order valence-electron chi connectivity index (χ0n) is 14.7. The number of aromatic amines is 2. The van der Waals surface area contributed by atoms with Crippen LogP contribution in [0.5, 0.6) is 0 Å². The molecule has 0 saturated heterocycles. The Kier molecular flexibility index (Phi) is 3.73. The minimum absolute atomic E-state index is 0.296. The van der Waals surface area contributed by atoms with Crippen molar-refractivity contribution < 1.29 is 9.18 Å². The fourth-order valence-corrected chi connectivity index (χ4v) is 3.93. The second-order valence-corrected chi connectivity index (χ2v) is 7.52. The van der Waals surface area contributed by atoms with Crippen LogP contribution < -0.4 is 5.32 Å². The number of carbonyl (C=O) groups is 1. The van der Waals surface area contributed by atoms with Crippen LogP contribution in [0, 0.1) is 12.7 Å². The molecule has 8 heteroatoms. The van der Waals surface area contributed by atoms with Crippen LogP contribution in [-0.4, -0.2) is 26.1 Å². The second-order valence-electron chi connectivity index (χ2n) is 6.45. The molecule has 0 fully saturated rings. The molecule has 0 bridgehead atoms. The van der Waals surface area contributed by atoms with Crippen molar-refractivity contribution in [1.29, 1.82) is 0 Å². The van der Waals surface area contributed by atoms with Gasteiger partial charge in [-0.3, -0.25) is 9.89 Å². The van der Waals surface area contributed by atoms with E-state index < -0.39 is 0 Å². The fourth-order valence-electron chi connectivity index (χ4n) is 3.33. The van der Waals surface area contributed by atoms with Crippen molar-refractivity contribution in [3.05, 3.63) is 64.6 Å². The van der Waals surface area contributed by atoms with Crippen LogP contribution in [0.4, 0.5) is 10.1 Å². The van der Waals surface area contributed by atoms with Gasteiger partial charge >= 0.3 is 0 Å². The van der Waals surface area contributed by atoms with Crippen molar-refractivity contribution in [2.45, 2.75) is 6.92 Å². The lowest BCUT2D eigenvalue weighted by molar-refractivity contribution is 0.102. The molecule has 3 heterocycles. The first-order valence-electron chi connectivity index (χ1n) is 8.56. The van der Waals surface area contributed by atoms with Gasteiger partial charge in [0.1, 0.15) is 11.5 Å². The lowest BCUT2D eigenvalue weighted by atomic mass is 9.99. The Morgan fingerprint density at radius 3 is 2.89 bits per heavy atom. The van der Waals surface area contributed by atoms with Crippen LogP contribution in [0.2, 0.25) is 0 Å². The third-order valence-corrected chi connectivity index (χ3v) is 5.38. The van der Waals surface area contributed by atoms with E-state index in [1.807, 2.05) is 25.1 Å². The number of amides is 1. The number of nitrogens with one attached hydrogen (secondary N) is 3. The van der Waals surface area contributed by atoms with E-state index in [9.17, 15) is 9.18 Å². The maximum absolute atomic E-state index is 14.1. The van der Waals surface area contributed by atoms with Crippen molar-refractivity contribution in [1.82, 2.24) is 20.2 Å². The minimum atomic E-state index is -0.335. The monoisotopic (exact) mass is 391 g/mol. The average Bonchev–Trinajstić information content (AvgIpc) is 3.40. The molecule has 0 spiro atoms. The van der Waals surface area contributed by atoms with E-state index in [0.717, 1.165) is 32.4 Å². The number of H-pyrrole nitrogens is 2. The molecule has 0 unspecified atom stereocenters. The summed E-state index contributed by atoms with van der Waals surface area (Å²) in [5.41, 5.74) is 3.91. The Morgan fingerprint density at radius 2 is 2.07 bits per heavy atom. The molecular formula is C20H14FN5OS. The molecule has 3 aromatic heterocycles. The Labute approximate surface area is 162 Å². The number of anilines is 1. The van der Waals surface area contributed by atoms with Gasteiger partial charge in [0.2, 0.25) is 0 Å². The van der Waals surface area contributed by atoms with Crippen LogP contribution in [0.25, 0.3) is 32.9 Å². The van der Waals surface area contributed by atoms with Gasteiger partial charge in [-0.25, -0.2) is 9.37 Å². The molecule has 28 heavy (non-hydrogen) atoms. The maximum atomic E-state index is 14.1. The average molecular weight is 391 g/mol. The number of fused-ring (bicyclic) bond motifs is 2. The molecule has 0 aliphatic carbocycles. The number of hydrogen-bond donors (Lipinski definition) is 3. The molecule has 0 saturated carbocycles. The highest BCUT2D eigenvalue weighted by atomic mass is 32.1. The summed E-state index contributed by atoms with van der Waals surface area (Å²) in [6.45, 7) is 1.85. The third kappa shape index (κ3) is 2.74. The molecule has 1 amide bonds. The number of rotatable bonds is 3. The second kappa shape index (κ2) is 6.28. The Hall–Kier alpha value is -3.52. The summed E-state index contributed by atoms with van der Waals surface area (Å²) in [5, 5.41) is 14.1. The number of aromatic nitrogens is 4. The van der Waals surface area contributed by atoms with Crippen molar-refractivity contribution >= 4 is 44.7 Å². The van der Waals surface area contributed by atoms with Gasteiger partial charge in [0.25, 0.3) is 5.91 Å². The van der Waals surface area contributed by atoms with E-state index in [-0.39, 0.29) is 11.7 Å². The summed E-state index contributed by atoms with van der Waals surface area (Å²) >= 11 is 1.42. The van der Waals surface area contributed by atoms with Gasteiger partial charge in [-0.2, -0.15) is 5.10 Å². The lowest BCUT2D eigenvalue weighted by Crippen LogP contribution is -2.12. The van der Waals surface area contributed by atoms with Crippen LogP contribution in [0.3, 0.4) is 0 Å². The Balaban J connectivity index is 1.65. The normalized spacial score (nSPS) is 11.4. The minimum Gasteiger partial charge on any atom is -0.361 e. The molecule has 5 aromatic rings. The van der Waals surface area contributed by atoms with Gasteiger partial charge in [0, 0.05) is 27.9 Å². The van der Waals surface area contributed by atoms with Gasteiger partial charge < -0.3 is 10.3 Å². The highest BCUT2D eigenvalue weighted by Crippen LogP contribution is 2.34. The first-order valence-corrected chi connectivity index (χ1v) is 9.44. The topological polar surface area (TPSA) is 86.5 Å². The van der Waals surface area contributed by atoms with E-state index in [1.165, 1.54) is 23.5 Å². The molecule has 138 valence electrons. The summed E-state index contributed by atoms with van der Waals surface area (Å²) < 4.78 is 14.1. The van der Waals surface area contributed by atoms with Crippen LogP contribution >= 0.6 is 11.3 Å². The van der Waals surface area contributed by atoms with E-state index in [1.54, 1.807) is 17.8 Å². The van der Waals surface area contributed by atoms with Crippen molar-refractivity contribution in [3.8, 4) is 11.1 Å². The predicted octanol–water partition coefficient (Wildman–Crippen LogP) is 4.87. The van der Waals surface area contributed by atoms with Crippen molar-refractivity contribution in [2.75, 3.05) is 5.32 Å². The molecule has 3 N–H and O–H groups in total. The Morgan fingerprint density at radius 1 is 1.18 bits per heavy atom. The summed E-state index contributed by atoms with van der Waals surface area (Å²) in [5.74, 6) is -0.631. The van der Waals surface area contributed by atoms with E-state index in [4.69, 9.17) is 0 Å². The number of aryl methyl sites for hydroxylation is 1. The van der Waals surface area contributed by atoms with E-state index in [2.05, 4.69) is 25.5 Å². The largest absolute Gasteiger partial charge is 0.361 e. The molecule has 0 aliphatic heterocycles. The smallest absolute Gasteiger partial charge is 0.275 e. The van der Waals surface area contributed by atoms with Crippen LogP contribution in [0.15, 0.2) is 48.1 Å². The number of carbonyl (C=O) groups excluding carboxylic acids is 1. The molecule has 0 atom stereocenters. The number of hydrogen-bond acceptors (Lipinski definition) is 4. The van der Waals surface area contributed by atoms with Gasteiger partial charge in [-0.15, -0.1) is 11.3 Å². The molecule has 0 aliphatic rings. The summed E-state index contributed by atoms with van der Waals surface area (Å²) in [6, 6.07) is 8.57. The van der Waals surface area contributed by atoms with Crippen molar-refractivity contribution in [3.63, 3.8) is 0 Å². The SMILES string of the molecule is Cc1nc(C(=O)Nc2cc(-c3cc(F)cc4[nH]ccc34)cc3[nH]ncc23)cs1. The quantitative estimate of drug-likeness (QED) is 0.410. The number of nitrogens with zero attached hydrogens (tertiary/aromatic N) is 2. The molecular weight excluding hydrogens is 377 g/mol. The van der Waals surface area contributed by atoms with Crippen molar-refractivity contribution in [2.24, 2.45) is 0 Å². The molecule has 5 rings (SSSR count). The molecule has 6 nitrogen and oxygen atoms in total. The number of halogens is 1. The zero-order chi connectivity index (χ0) is 19.3. The van der Waals surface area contributed by atoms with Gasteiger partial charge in [-0.05, 0) is 48.4 Å². The molecule has 2 aromatic carbocycles. The summed E-state index contributed by atoms with van der Waals surface area (Å²) in [7, 11) is 0. The van der Waals surface area contributed by atoms with Gasteiger partial charge in [0.05, 0.1) is 22.4 Å². The number of thiazole rings is 1. The maximum Gasteiger partial charge on any atom is 0.275 e. The summed E-state index contributed by atoms with van der Waals surface area (Å²) in [6.07, 6.45) is 3.42. The molecule has 0 radical (unpaired) electrons. The number of benzene rings is 2.